The third-order valence-corrected chi connectivity index (χ3v) is 4.04. The molecule has 0 aromatic heterocycles. The van der Waals surface area contributed by atoms with Crippen molar-refractivity contribution in [2.75, 3.05) is 31.9 Å². The van der Waals surface area contributed by atoms with Crippen LogP contribution in [0, 0.1) is 0 Å². The van der Waals surface area contributed by atoms with Crippen molar-refractivity contribution in [2.24, 2.45) is 0 Å². The Bertz CT molecular complexity index is 617. The summed E-state index contributed by atoms with van der Waals surface area (Å²) in [5.74, 6) is 0.389. The van der Waals surface area contributed by atoms with Gasteiger partial charge in [0.15, 0.2) is 6.61 Å². The van der Waals surface area contributed by atoms with E-state index in [1.807, 2.05) is 13.8 Å². The highest BCUT2D eigenvalue weighted by atomic mass is 35.5. The predicted octanol–water partition coefficient (Wildman–Crippen LogP) is 3.21. The summed E-state index contributed by atoms with van der Waals surface area (Å²) in [7, 11) is 1.53. The predicted molar refractivity (Wildman–Crippen MR) is 88.4 cm³/mol. The molecule has 1 N–H and O–H groups in total. The van der Waals surface area contributed by atoms with Crippen LogP contribution in [0.3, 0.4) is 0 Å². The van der Waals surface area contributed by atoms with Crippen LogP contribution in [-0.2, 0) is 9.53 Å². The van der Waals surface area contributed by atoms with Gasteiger partial charge in [-0.2, -0.15) is 0 Å². The maximum Gasteiger partial charge on any atom is 0.266 e. The average Bonchev–Trinajstić information content (AvgIpc) is 2.49. The lowest BCUT2D eigenvalue weighted by atomic mass is 10.1. The van der Waals surface area contributed by atoms with Gasteiger partial charge in [0, 0.05) is 25.3 Å². The number of nitrogens with zero attached hydrogens (tertiary/aromatic N) is 1. The van der Waals surface area contributed by atoms with Gasteiger partial charge in [0.05, 0.1) is 10.7 Å². The molecule has 0 radical (unpaired) electrons. The van der Waals surface area contributed by atoms with Crippen LogP contribution in [0.15, 0.2) is 17.3 Å². The molecule has 0 unspecified atom stereocenters. The zero-order valence-corrected chi connectivity index (χ0v) is 14.2. The maximum absolute atomic E-state index is 12.0. The summed E-state index contributed by atoms with van der Waals surface area (Å²) >= 11 is 12.5. The molecular weight excluding hydrogens is 327 g/mol. The van der Waals surface area contributed by atoms with Crippen LogP contribution >= 0.6 is 23.2 Å². The monoisotopic (exact) mass is 344 g/mol. The maximum atomic E-state index is 12.0. The molecule has 0 saturated heterocycles. The van der Waals surface area contributed by atoms with Crippen molar-refractivity contribution in [2.45, 2.75) is 13.8 Å². The second-order valence-corrected chi connectivity index (χ2v) is 5.58. The first-order valence-electron chi connectivity index (χ1n) is 6.85. The van der Waals surface area contributed by atoms with E-state index in [2.05, 4.69) is 5.32 Å². The minimum absolute atomic E-state index is 0.0288. The van der Waals surface area contributed by atoms with Crippen molar-refractivity contribution >= 4 is 40.4 Å². The second kappa shape index (κ2) is 7.22. The van der Waals surface area contributed by atoms with E-state index in [0.717, 1.165) is 11.1 Å². The van der Waals surface area contributed by atoms with Crippen LogP contribution in [-0.4, -0.2) is 32.9 Å². The fraction of sp³-hybridized carbons (Fsp3) is 0.400. The summed E-state index contributed by atoms with van der Waals surface area (Å²) in [5, 5.41) is 4.08. The lowest BCUT2D eigenvalue weighted by Gasteiger charge is -2.29. The van der Waals surface area contributed by atoms with Crippen LogP contribution < -0.4 is 15.0 Å². The number of ether oxygens (including phenoxy) is 2. The zero-order valence-electron chi connectivity index (χ0n) is 12.7. The first-order chi connectivity index (χ1) is 10.5. The topological polar surface area (TPSA) is 50.8 Å². The third-order valence-electron chi connectivity index (χ3n) is 3.32. The number of anilines is 1. The van der Waals surface area contributed by atoms with Crippen LogP contribution in [0.1, 0.15) is 19.4 Å². The normalized spacial score (nSPS) is 15.1. The minimum Gasteiger partial charge on any atom is -0.482 e. The molecule has 0 atom stereocenters. The smallest absolute Gasteiger partial charge is 0.266 e. The quantitative estimate of drug-likeness (QED) is 0.833. The molecule has 1 aromatic rings. The fourth-order valence-corrected chi connectivity index (χ4v) is 2.72. The van der Waals surface area contributed by atoms with Gasteiger partial charge in [-0.25, -0.2) is 0 Å². The Hall–Kier alpha value is -1.43. The summed E-state index contributed by atoms with van der Waals surface area (Å²) in [6.45, 7) is 4.65. The van der Waals surface area contributed by atoms with Crippen molar-refractivity contribution in [3.05, 3.63) is 27.9 Å². The number of benzene rings is 1. The highest BCUT2D eigenvalue weighted by Crippen LogP contribution is 2.39. The Labute approximate surface area is 139 Å². The van der Waals surface area contributed by atoms with E-state index in [4.69, 9.17) is 32.7 Å². The number of carbonyl (C=O) groups is 1. The third kappa shape index (κ3) is 3.32. The number of hydrogen-bond donors (Lipinski definition) is 1. The number of fused-ring (bicyclic) bond motifs is 1. The molecule has 0 bridgehead atoms. The highest BCUT2D eigenvalue weighted by molar-refractivity contribution is 6.35. The molecule has 1 aliphatic rings. The number of halogens is 2. The van der Waals surface area contributed by atoms with E-state index < -0.39 is 0 Å². The molecule has 120 valence electrons. The Morgan fingerprint density at radius 2 is 2.23 bits per heavy atom. The Balaban J connectivity index is 2.51. The van der Waals surface area contributed by atoms with Gasteiger partial charge >= 0.3 is 0 Å². The number of methoxy groups -OCH3 is 1. The van der Waals surface area contributed by atoms with Crippen LogP contribution in [0.2, 0.25) is 5.02 Å². The summed E-state index contributed by atoms with van der Waals surface area (Å²) in [5.41, 5.74) is 2.16. The number of hydrogen-bond acceptors (Lipinski definition) is 4. The van der Waals surface area contributed by atoms with Gasteiger partial charge in [0.1, 0.15) is 17.6 Å². The van der Waals surface area contributed by atoms with Crippen molar-refractivity contribution < 1.29 is 14.3 Å². The molecule has 5 nitrogen and oxygen atoms in total. The van der Waals surface area contributed by atoms with Crippen LogP contribution in [0.4, 0.5) is 5.69 Å². The van der Waals surface area contributed by atoms with Crippen molar-refractivity contribution in [3.63, 3.8) is 0 Å². The SMILES string of the molecule is CCN/C(Cl)=C(\C)c1cc2c(cc1Cl)OCC(=O)N2COC. The summed E-state index contributed by atoms with van der Waals surface area (Å²) in [4.78, 5) is 13.5. The molecule has 1 amide bonds. The molecule has 0 spiro atoms. The lowest BCUT2D eigenvalue weighted by Crippen LogP contribution is -2.40. The summed E-state index contributed by atoms with van der Waals surface area (Å²) < 4.78 is 10.5. The molecule has 0 fully saturated rings. The van der Waals surface area contributed by atoms with E-state index in [9.17, 15) is 4.79 Å². The molecule has 1 heterocycles. The van der Waals surface area contributed by atoms with Gasteiger partial charge in [-0.3, -0.25) is 9.69 Å². The average molecular weight is 345 g/mol. The fourth-order valence-electron chi connectivity index (χ4n) is 2.19. The summed E-state index contributed by atoms with van der Waals surface area (Å²) in [6, 6.07) is 3.49. The number of rotatable bonds is 5. The van der Waals surface area contributed by atoms with Crippen molar-refractivity contribution in [1.82, 2.24) is 5.32 Å². The number of nitrogens with one attached hydrogen (secondary N) is 1. The van der Waals surface area contributed by atoms with E-state index in [-0.39, 0.29) is 19.2 Å². The molecule has 2 rings (SSSR count). The molecule has 1 aliphatic heterocycles. The molecule has 7 heteroatoms. The van der Waals surface area contributed by atoms with Crippen molar-refractivity contribution in [1.29, 1.82) is 0 Å². The largest absolute Gasteiger partial charge is 0.482 e. The van der Waals surface area contributed by atoms with E-state index in [1.165, 1.54) is 12.0 Å². The molecule has 22 heavy (non-hydrogen) atoms. The molecule has 1 aromatic carbocycles. The molecule has 0 aliphatic carbocycles. The van der Waals surface area contributed by atoms with Gasteiger partial charge < -0.3 is 14.8 Å². The van der Waals surface area contributed by atoms with Crippen molar-refractivity contribution in [3.8, 4) is 5.75 Å². The number of allylic oxidation sites excluding steroid dienone is 1. The molecular formula is C15H18Cl2N2O3. The van der Waals surface area contributed by atoms with Crippen LogP contribution in [0.5, 0.6) is 5.75 Å². The van der Waals surface area contributed by atoms with Gasteiger partial charge in [0.25, 0.3) is 5.91 Å². The van der Waals surface area contributed by atoms with Gasteiger partial charge in [-0.05, 0) is 25.5 Å². The number of carbonyl (C=O) groups excluding carboxylic acids is 1. The Morgan fingerprint density at radius 3 is 2.86 bits per heavy atom. The number of amides is 1. The zero-order chi connectivity index (χ0) is 16.3. The van der Waals surface area contributed by atoms with Gasteiger partial charge in [-0.1, -0.05) is 23.2 Å². The van der Waals surface area contributed by atoms with Gasteiger partial charge in [-0.15, -0.1) is 0 Å². The summed E-state index contributed by atoms with van der Waals surface area (Å²) in [6.07, 6.45) is 0. The lowest BCUT2D eigenvalue weighted by molar-refractivity contribution is -0.122. The van der Waals surface area contributed by atoms with Crippen LogP contribution in [0.25, 0.3) is 5.57 Å². The first-order valence-corrected chi connectivity index (χ1v) is 7.61. The van der Waals surface area contributed by atoms with E-state index >= 15 is 0 Å². The second-order valence-electron chi connectivity index (χ2n) is 4.80. The Morgan fingerprint density at radius 1 is 1.50 bits per heavy atom. The van der Waals surface area contributed by atoms with E-state index in [1.54, 1.807) is 12.1 Å². The first kappa shape index (κ1) is 16.9. The standard InChI is InChI=1S/C15H18Cl2N2O3/c1-4-18-15(17)9(2)10-5-12-13(6-11(10)16)22-7-14(20)19(12)8-21-3/h5-6,18H,4,7-8H2,1-3H3/b15-9+. The Kier molecular flexibility index (Phi) is 5.56. The molecule has 0 saturated carbocycles. The van der Waals surface area contributed by atoms with E-state index in [0.29, 0.717) is 28.2 Å². The minimum atomic E-state index is -0.165. The highest BCUT2D eigenvalue weighted by Gasteiger charge is 2.27. The van der Waals surface area contributed by atoms with Gasteiger partial charge in [0.2, 0.25) is 0 Å².